The molecule has 34 heavy (non-hydrogen) atoms. The van der Waals surface area contributed by atoms with Crippen molar-refractivity contribution in [2.45, 2.75) is 12.8 Å². The van der Waals surface area contributed by atoms with E-state index in [0.717, 1.165) is 17.3 Å². The molecule has 0 saturated carbocycles. The highest BCUT2D eigenvalue weighted by Gasteiger charge is 2.44. The number of hydrogen-bond acceptors (Lipinski definition) is 7. The van der Waals surface area contributed by atoms with Gasteiger partial charge in [-0.1, -0.05) is 41.6 Å². The lowest BCUT2D eigenvalue weighted by Gasteiger charge is -2.31. The first-order valence-electron chi connectivity index (χ1n) is 10.1. The van der Waals surface area contributed by atoms with Gasteiger partial charge in [0.05, 0.1) is 36.6 Å². The summed E-state index contributed by atoms with van der Waals surface area (Å²) in [5.74, 6) is -3.34. The number of nitriles is 1. The van der Waals surface area contributed by atoms with E-state index in [0.29, 0.717) is 22.0 Å². The van der Waals surface area contributed by atoms with Gasteiger partial charge < -0.3 is 20.1 Å². The number of esters is 1. The smallest absolute Gasteiger partial charge is 0.319 e. The maximum atomic E-state index is 12.9. The number of halogens is 1. The van der Waals surface area contributed by atoms with Gasteiger partial charge in [0.15, 0.2) is 0 Å². The molecule has 0 aliphatic carbocycles. The quantitative estimate of drug-likeness (QED) is 0.440. The van der Waals surface area contributed by atoms with Crippen LogP contribution in [-0.2, 0) is 19.1 Å². The maximum Gasteiger partial charge on any atom is 0.319 e. The van der Waals surface area contributed by atoms with Crippen LogP contribution in [-0.4, -0.2) is 37.8 Å². The summed E-state index contributed by atoms with van der Waals surface area (Å²) < 4.78 is 10.00. The second kappa shape index (κ2) is 11.1. The van der Waals surface area contributed by atoms with Crippen molar-refractivity contribution in [1.29, 1.82) is 5.26 Å². The number of rotatable bonds is 7. The number of allylic oxidation sites excluding steroid dienone is 1. The molecule has 1 aliphatic heterocycles. The number of methoxy groups -OCH3 is 2. The molecule has 0 spiro atoms. The van der Waals surface area contributed by atoms with Crippen molar-refractivity contribution >= 4 is 46.8 Å². The van der Waals surface area contributed by atoms with Crippen molar-refractivity contribution in [2.24, 2.45) is 5.92 Å². The van der Waals surface area contributed by atoms with Crippen LogP contribution in [0.5, 0.6) is 5.75 Å². The van der Waals surface area contributed by atoms with Crippen LogP contribution in [0.1, 0.15) is 17.0 Å². The number of amides is 2. The number of thioether (sulfide) groups is 1. The molecule has 8 nitrogen and oxygen atoms in total. The van der Waals surface area contributed by atoms with Crippen LogP contribution in [0, 0.1) is 24.2 Å². The van der Waals surface area contributed by atoms with E-state index < -0.39 is 23.7 Å². The number of nitrogens with zero attached hydrogens (tertiary/aromatic N) is 1. The maximum absolute atomic E-state index is 12.9. The molecule has 0 fully saturated rings. The van der Waals surface area contributed by atoms with Gasteiger partial charge in [0, 0.05) is 16.6 Å². The van der Waals surface area contributed by atoms with Crippen molar-refractivity contribution in [3.8, 4) is 11.8 Å². The number of carbonyl (C=O) groups excluding carboxylic acids is 3. The fourth-order valence-electron chi connectivity index (χ4n) is 3.50. The highest BCUT2D eigenvalue weighted by atomic mass is 35.5. The van der Waals surface area contributed by atoms with Gasteiger partial charge >= 0.3 is 5.97 Å². The van der Waals surface area contributed by atoms with E-state index in [1.165, 1.54) is 14.2 Å². The molecule has 1 heterocycles. The Kier molecular flexibility index (Phi) is 8.21. The Labute approximate surface area is 206 Å². The molecule has 0 unspecified atom stereocenters. The van der Waals surface area contributed by atoms with E-state index in [1.807, 2.05) is 6.92 Å². The van der Waals surface area contributed by atoms with Crippen molar-refractivity contribution < 1.29 is 23.9 Å². The average Bonchev–Trinajstić information content (AvgIpc) is 2.84. The first-order chi connectivity index (χ1) is 16.3. The Hall–Kier alpha value is -3.48. The molecule has 10 heteroatoms. The van der Waals surface area contributed by atoms with Gasteiger partial charge in [0.25, 0.3) is 0 Å². The molecular weight excluding hydrogens is 478 g/mol. The largest absolute Gasteiger partial charge is 0.497 e. The Morgan fingerprint density at radius 1 is 1.21 bits per heavy atom. The van der Waals surface area contributed by atoms with E-state index >= 15 is 0 Å². The SMILES string of the molecule is COC(=O)[C@H]1C(=O)NC(SCC(=O)Nc2ccc(C)c(Cl)c2)=C(C#N)[C@H]1c1ccc(OC)cc1. The minimum Gasteiger partial charge on any atom is -0.497 e. The Bertz CT molecular complexity index is 1190. The van der Waals surface area contributed by atoms with Gasteiger partial charge in [-0.25, -0.2) is 0 Å². The van der Waals surface area contributed by atoms with Crippen LogP contribution in [0.2, 0.25) is 5.02 Å². The molecule has 2 aromatic carbocycles. The Balaban J connectivity index is 1.88. The molecule has 2 N–H and O–H groups in total. The molecule has 0 aromatic heterocycles. The fraction of sp³-hybridized carbons (Fsp3) is 0.250. The van der Waals surface area contributed by atoms with Gasteiger partial charge in [0.2, 0.25) is 11.8 Å². The van der Waals surface area contributed by atoms with E-state index in [1.54, 1.807) is 42.5 Å². The molecule has 2 atom stereocenters. The fourth-order valence-corrected chi connectivity index (χ4v) is 4.53. The third kappa shape index (κ3) is 5.53. The van der Waals surface area contributed by atoms with Crippen LogP contribution >= 0.6 is 23.4 Å². The molecule has 2 amide bonds. The van der Waals surface area contributed by atoms with Crippen molar-refractivity contribution in [3.63, 3.8) is 0 Å². The van der Waals surface area contributed by atoms with Crippen LogP contribution in [0.3, 0.4) is 0 Å². The van der Waals surface area contributed by atoms with E-state index in [9.17, 15) is 19.6 Å². The average molecular weight is 500 g/mol. The van der Waals surface area contributed by atoms with Gasteiger partial charge in [-0.3, -0.25) is 14.4 Å². The van der Waals surface area contributed by atoms with Gasteiger partial charge in [0.1, 0.15) is 11.7 Å². The predicted molar refractivity (Wildman–Crippen MR) is 129 cm³/mol. The van der Waals surface area contributed by atoms with E-state index in [-0.39, 0.29) is 22.3 Å². The topological polar surface area (TPSA) is 118 Å². The third-order valence-corrected chi connectivity index (χ3v) is 6.69. The monoisotopic (exact) mass is 499 g/mol. The molecule has 3 rings (SSSR count). The molecule has 0 bridgehead atoms. The summed E-state index contributed by atoms with van der Waals surface area (Å²) in [6.07, 6.45) is 0. The summed E-state index contributed by atoms with van der Waals surface area (Å²) in [5.41, 5.74) is 2.15. The summed E-state index contributed by atoms with van der Waals surface area (Å²) in [7, 11) is 2.70. The molecular formula is C24H22ClN3O5S. The molecule has 176 valence electrons. The summed E-state index contributed by atoms with van der Waals surface area (Å²) in [4.78, 5) is 37.8. The van der Waals surface area contributed by atoms with Gasteiger partial charge in [-0.15, -0.1) is 0 Å². The number of aryl methyl sites for hydroxylation is 1. The molecule has 0 saturated heterocycles. The summed E-state index contributed by atoms with van der Waals surface area (Å²) >= 11 is 7.10. The Morgan fingerprint density at radius 3 is 2.50 bits per heavy atom. The first-order valence-corrected chi connectivity index (χ1v) is 11.5. The number of benzene rings is 2. The second-order valence-electron chi connectivity index (χ2n) is 7.40. The number of ether oxygens (including phenoxy) is 2. The minimum absolute atomic E-state index is 0.0789. The predicted octanol–water partition coefficient (Wildman–Crippen LogP) is 3.77. The zero-order valence-corrected chi connectivity index (χ0v) is 20.3. The van der Waals surface area contributed by atoms with Crippen LogP contribution < -0.4 is 15.4 Å². The zero-order valence-electron chi connectivity index (χ0n) is 18.7. The number of anilines is 1. The second-order valence-corrected chi connectivity index (χ2v) is 8.79. The molecule has 1 aliphatic rings. The van der Waals surface area contributed by atoms with Crippen LogP contribution in [0.15, 0.2) is 53.1 Å². The number of nitrogens with one attached hydrogen (secondary N) is 2. The highest BCUT2D eigenvalue weighted by molar-refractivity contribution is 8.03. The highest BCUT2D eigenvalue weighted by Crippen LogP contribution is 2.40. The summed E-state index contributed by atoms with van der Waals surface area (Å²) in [5, 5.41) is 16.0. The molecule has 0 radical (unpaired) electrons. The molecule has 2 aromatic rings. The lowest BCUT2D eigenvalue weighted by atomic mass is 9.78. The lowest BCUT2D eigenvalue weighted by Crippen LogP contribution is -2.44. The standard InChI is InChI=1S/C24H22ClN3O5S/c1-13-4-7-15(10-18(13)25)27-19(29)12-34-23-17(11-26)20(14-5-8-16(32-2)9-6-14)21(22(30)28-23)24(31)33-3/h4-10,20-21H,12H2,1-3H3,(H,27,29)(H,28,30)/t20-,21-/m1/s1. The third-order valence-electron chi connectivity index (χ3n) is 5.26. The van der Waals surface area contributed by atoms with E-state index in [4.69, 9.17) is 21.1 Å². The summed E-state index contributed by atoms with van der Waals surface area (Å²) in [6, 6.07) is 14.0. The normalized spacial score (nSPS) is 17.4. The lowest BCUT2D eigenvalue weighted by molar-refractivity contribution is -0.150. The van der Waals surface area contributed by atoms with E-state index in [2.05, 4.69) is 16.7 Å². The van der Waals surface area contributed by atoms with Crippen LogP contribution in [0.4, 0.5) is 5.69 Å². The number of carbonyl (C=O) groups is 3. The zero-order chi connectivity index (χ0) is 24.8. The van der Waals surface area contributed by atoms with Crippen molar-refractivity contribution in [1.82, 2.24) is 5.32 Å². The van der Waals surface area contributed by atoms with Crippen molar-refractivity contribution in [2.75, 3.05) is 25.3 Å². The summed E-state index contributed by atoms with van der Waals surface area (Å²) in [6.45, 7) is 1.85. The van der Waals surface area contributed by atoms with Gasteiger partial charge in [-0.2, -0.15) is 5.26 Å². The van der Waals surface area contributed by atoms with Gasteiger partial charge in [-0.05, 0) is 42.3 Å². The number of hydrogen-bond donors (Lipinski definition) is 2. The van der Waals surface area contributed by atoms with Crippen molar-refractivity contribution in [3.05, 3.63) is 69.2 Å². The first kappa shape index (κ1) is 25.1. The minimum atomic E-state index is -1.25. The van der Waals surface area contributed by atoms with Crippen LogP contribution in [0.25, 0.3) is 0 Å². The Morgan fingerprint density at radius 2 is 1.91 bits per heavy atom.